The molecule has 0 aromatic heterocycles. The van der Waals surface area contributed by atoms with Crippen molar-refractivity contribution in [3.63, 3.8) is 0 Å². The smallest absolute Gasteiger partial charge is 0.0898 e. The van der Waals surface area contributed by atoms with Gasteiger partial charge in [0.25, 0.3) is 0 Å². The van der Waals surface area contributed by atoms with E-state index in [4.69, 9.17) is 14.9 Å². The number of rotatable bonds is 9. The lowest BCUT2D eigenvalue weighted by atomic mass is 10.1. The number of aliphatic hydroxyl groups excluding tert-OH is 3. The lowest BCUT2D eigenvalue weighted by molar-refractivity contribution is -0.00434. The molecular formula is C14H23NO4. The Balaban J connectivity index is 2.24. The molecule has 5 nitrogen and oxygen atoms in total. The molecule has 4 N–H and O–H groups in total. The topological polar surface area (TPSA) is 82.0 Å². The molecule has 0 radical (unpaired) electrons. The summed E-state index contributed by atoms with van der Waals surface area (Å²) in [5.41, 5.74) is 1.06. The second kappa shape index (κ2) is 9.01. The highest BCUT2D eigenvalue weighted by Gasteiger charge is 2.11. The van der Waals surface area contributed by atoms with Crippen molar-refractivity contribution in [3.05, 3.63) is 35.9 Å². The van der Waals surface area contributed by atoms with Gasteiger partial charge in [0.2, 0.25) is 0 Å². The zero-order chi connectivity index (χ0) is 14.1. The highest BCUT2D eigenvalue weighted by molar-refractivity contribution is 5.16. The molecule has 0 spiro atoms. The SMILES string of the molecule is CC(OCC(O)CNC(CO)CO)c1ccccc1. The van der Waals surface area contributed by atoms with Gasteiger partial charge < -0.3 is 25.4 Å². The molecule has 0 amide bonds. The van der Waals surface area contributed by atoms with E-state index in [1.807, 2.05) is 37.3 Å². The maximum absolute atomic E-state index is 9.73. The van der Waals surface area contributed by atoms with Gasteiger partial charge in [-0.25, -0.2) is 0 Å². The molecule has 0 aliphatic carbocycles. The fourth-order valence-corrected chi connectivity index (χ4v) is 1.62. The van der Waals surface area contributed by atoms with Crippen molar-refractivity contribution < 1.29 is 20.1 Å². The minimum Gasteiger partial charge on any atom is -0.395 e. The first kappa shape index (κ1) is 16.1. The van der Waals surface area contributed by atoms with E-state index in [1.54, 1.807) is 0 Å². The number of aliphatic hydroxyl groups is 3. The Labute approximate surface area is 113 Å². The fourth-order valence-electron chi connectivity index (χ4n) is 1.62. The number of benzene rings is 1. The van der Waals surface area contributed by atoms with Crippen molar-refractivity contribution in [2.24, 2.45) is 0 Å². The van der Waals surface area contributed by atoms with Crippen LogP contribution in [0, 0.1) is 0 Å². The van der Waals surface area contributed by atoms with Gasteiger partial charge in [-0.2, -0.15) is 0 Å². The molecule has 1 aromatic carbocycles. The molecule has 2 unspecified atom stereocenters. The molecule has 0 saturated heterocycles. The van der Waals surface area contributed by atoms with E-state index in [2.05, 4.69) is 5.32 Å². The van der Waals surface area contributed by atoms with Gasteiger partial charge in [-0.1, -0.05) is 30.3 Å². The van der Waals surface area contributed by atoms with Crippen LogP contribution >= 0.6 is 0 Å². The summed E-state index contributed by atoms with van der Waals surface area (Å²) in [7, 11) is 0. The van der Waals surface area contributed by atoms with Gasteiger partial charge in [0.1, 0.15) is 0 Å². The number of ether oxygens (including phenoxy) is 1. The highest BCUT2D eigenvalue weighted by Crippen LogP contribution is 2.15. The standard InChI is InChI=1S/C14H23NO4/c1-11(12-5-3-2-4-6-12)19-10-14(18)7-15-13(8-16)9-17/h2-6,11,13-18H,7-10H2,1H3. The zero-order valence-corrected chi connectivity index (χ0v) is 11.2. The number of nitrogens with one attached hydrogen (secondary N) is 1. The molecular weight excluding hydrogens is 246 g/mol. The van der Waals surface area contributed by atoms with Crippen LogP contribution in [0.2, 0.25) is 0 Å². The molecule has 0 aliphatic heterocycles. The van der Waals surface area contributed by atoms with Gasteiger partial charge in [-0.05, 0) is 12.5 Å². The van der Waals surface area contributed by atoms with Crippen LogP contribution in [0.4, 0.5) is 0 Å². The molecule has 108 valence electrons. The predicted molar refractivity (Wildman–Crippen MR) is 72.8 cm³/mol. The molecule has 0 saturated carbocycles. The Bertz CT molecular complexity index is 329. The third kappa shape index (κ3) is 6.13. The fraction of sp³-hybridized carbons (Fsp3) is 0.571. The second-order valence-electron chi connectivity index (χ2n) is 4.51. The third-order valence-electron chi connectivity index (χ3n) is 2.89. The van der Waals surface area contributed by atoms with Crippen LogP contribution in [0.3, 0.4) is 0 Å². The summed E-state index contributed by atoms with van der Waals surface area (Å²) in [6, 6.07) is 9.38. The van der Waals surface area contributed by atoms with E-state index in [0.717, 1.165) is 5.56 Å². The van der Waals surface area contributed by atoms with Crippen molar-refractivity contribution >= 4 is 0 Å². The van der Waals surface area contributed by atoms with Crippen LogP contribution in [0.1, 0.15) is 18.6 Å². The molecule has 2 atom stereocenters. The largest absolute Gasteiger partial charge is 0.395 e. The van der Waals surface area contributed by atoms with Crippen LogP contribution in [0.5, 0.6) is 0 Å². The molecule has 1 aromatic rings. The average Bonchev–Trinajstić information content (AvgIpc) is 2.46. The molecule has 1 rings (SSSR count). The van der Waals surface area contributed by atoms with Gasteiger partial charge in [0, 0.05) is 6.54 Å². The molecule has 0 aliphatic rings. The van der Waals surface area contributed by atoms with Gasteiger partial charge in [-0.3, -0.25) is 0 Å². The van der Waals surface area contributed by atoms with Gasteiger partial charge in [0.15, 0.2) is 0 Å². The molecule has 5 heteroatoms. The summed E-state index contributed by atoms with van der Waals surface area (Å²) < 4.78 is 5.57. The van der Waals surface area contributed by atoms with E-state index in [1.165, 1.54) is 0 Å². The van der Waals surface area contributed by atoms with Crippen LogP contribution in [0.15, 0.2) is 30.3 Å². The Hall–Kier alpha value is -0.980. The number of hydrogen-bond donors (Lipinski definition) is 4. The normalized spacial score (nSPS) is 14.6. The second-order valence-corrected chi connectivity index (χ2v) is 4.51. The maximum Gasteiger partial charge on any atom is 0.0898 e. The van der Waals surface area contributed by atoms with E-state index in [-0.39, 0.29) is 32.5 Å². The minimum atomic E-state index is -0.674. The highest BCUT2D eigenvalue weighted by atomic mass is 16.5. The lowest BCUT2D eigenvalue weighted by Gasteiger charge is -2.19. The molecule has 0 bridgehead atoms. The Kier molecular flexibility index (Phi) is 7.62. The van der Waals surface area contributed by atoms with Crippen LogP contribution in [-0.4, -0.2) is 53.8 Å². The van der Waals surface area contributed by atoms with Crippen LogP contribution in [0.25, 0.3) is 0 Å². The summed E-state index contributed by atoms with van der Waals surface area (Å²) >= 11 is 0. The first-order valence-electron chi connectivity index (χ1n) is 6.47. The van der Waals surface area contributed by atoms with Crippen molar-refractivity contribution in [3.8, 4) is 0 Å². The first-order chi connectivity index (χ1) is 9.17. The molecule has 19 heavy (non-hydrogen) atoms. The Morgan fingerprint density at radius 1 is 1.16 bits per heavy atom. The van der Waals surface area contributed by atoms with E-state index in [0.29, 0.717) is 0 Å². The number of hydrogen-bond acceptors (Lipinski definition) is 5. The Morgan fingerprint density at radius 3 is 2.37 bits per heavy atom. The Morgan fingerprint density at radius 2 is 1.79 bits per heavy atom. The van der Waals surface area contributed by atoms with E-state index in [9.17, 15) is 5.11 Å². The van der Waals surface area contributed by atoms with Gasteiger partial charge in [-0.15, -0.1) is 0 Å². The van der Waals surface area contributed by atoms with Gasteiger partial charge >= 0.3 is 0 Å². The van der Waals surface area contributed by atoms with Crippen molar-refractivity contribution in [1.82, 2.24) is 5.32 Å². The lowest BCUT2D eigenvalue weighted by Crippen LogP contribution is -2.41. The first-order valence-corrected chi connectivity index (χ1v) is 6.47. The minimum absolute atomic E-state index is 0.0812. The predicted octanol–water partition coefficient (Wildman–Crippen LogP) is 0.0679. The quantitative estimate of drug-likeness (QED) is 0.510. The van der Waals surface area contributed by atoms with Crippen molar-refractivity contribution in [2.75, 3.05) is 26.4 Å². The van der Waals surface area contributed by atoms with Crippen molar-refractivity contribution in [2.45, 2.75) is 25.2 Å². The third-order valence-corrected chi connectivity index (χ3v) is 2.89. The van der Waals surface area contributed by atoms with E-state index < -0.39 is 12.1 Å². The van der Waals surface area contributed by atoms with E-state index >= 15 is 0 Å². The maximum atomic E-state index is 9.73. The molecule has 0 heterocycles. The summed E-state index contributed by atoms with van der Waals surface area (Å²) in [6.45, 7) is 2.08. The average molecular weight is 269 g/mol. The summed E-state index contributed by atoms with van der Waals surface area (Å²) in [6.07, 6.45) is -0.755. The summed E-state index contributed by atoms with van der Waals surface area (Å²) in [5.74, 6) is 0. The summed E-state index contributed by atoms with van der Waals surface area (Å²) in [5, 5.41) is 30.3. The van der Waals surface area contributed by atoms with Crippen molar-refractivity contribution in [1.29, 1.82) is 0 Å². The molecule has 0 fully saturated rings. The van der Waals surface area contributed by atoms with Gasteiger partial charge in [0.05, 0.1) is 38.1 Å². The monoisotopic (exact) mass is 269 g/mol. The van der Waals surface area contributed by atoms with Crippen LogP contribution in [-0.2, 0) is 4.74 Å². The zero-order valence-electron chi connectivity index (χ0n) is 11.2. The van der Waals surface area contributed by atoms with Crippen LogP contribution < -0.4 is 5.32 Å². The summed E-state index contributed by atoms with van der Waals surface area (Å²) in [4.78, 5) is 0.